The fourth-order valence-electron chi connectivity index (χ4n) is 4.12. The van der Waals surface area contributed by atoms with Gasteiger partial charge in [0.05, 0.1) is 18.6 Å². The Morgan fingerprint density at radius 2 is 2.08 bits per heavy atom. The molecule has 2 heterocycles. The molecule has 0 bridgehead atoms. The van der Waals surface area contributed by atoms with Crippen LogP contribution in [0.15, 0.2) is 48.5 Å². The zero-order valence-corrected chi connectivity index (χ0v) is 15.2. The third-order valence-electron chi connectivity index (χ3n) is 5.67. The Labute approximate surface area is 153 Å². The number of carbonyl (C=O) groups excluding carboxylic acids is 1. The minimum atomic E-state index is -0.427. The van der Waals surface area contributed by atoms with Crippen molar-refractivity contribution in [3.8, 4) is 5.75 Å². The van der Waals surface area contributed by atoms with Crippen molar-refractivity contribution in [3.63, 3.8) is 0 Å². The lowest BCUT2D eigenvalue weighted by molar-refractivity contribution is 0.0440. The van der Waals surface area contributed by atoms with Crippen molar-refractivity contribution in [2.45, 2.75) is 5.92 Å². The van der Waals surface area contributed by atoms with E-state index in [-0.39, 0.29) is 18.4 Å². The highest BCUT2D eigenvalue weighted by Gasteiger charge is 2.52. The summed E-state index contributed by atoms with van der Waals surface area (Å²) in [5.41, 5.74) is 2.34. The average molecular weight is 352 g/mol. The van der Waals surface area contributed by atoms with Crippen molar-refractivity contribution in [1.29, 1.82) is 0 Å². The fourth-order valence-corrected chi connectivity index (χ4v) is 4.12. The minimum absolute atomic E-state index is 0.00746. The molecule has 4 rings (SSSR count). The first kappa shape index (κ1) is 16.9. The van der Waals surface area contributed by atoms with Gasteiger partial charge in [0.25, 0.3) is 5.91 Å². The highest BCUT2D eigenvalue weighted by atomic mass is 16.5. The molecule has 5 nitrogen and oxygen atoms in total. The molecular weight excluding hydrogens is 328 g/mol. The number of amides is 1. The van der Waals surface area contributed by atoms with E-state index >= 15 is 0 Å². The molecule has 2 aromatic rings. The van der Waals surface area contributed by atoms with Crippen LogP contribution in [0.1, 0.15) is 21.8 Å². The van der Waals surface area contributed by atoms with E-state index in [1.54, 1.807) is 0 Å². The highest BCUT2D eigenvalue weighted by Crippen LogP contribution is 2.49. The van der Waals surface area contributed by atoms with Gasteiger partial charge in [-0.2, -0.15) is 0 Å². The lowest BCUT2D eigenvalue weighted by Crippen LogP contribution is -2.42. The summed E-state index contributed by atoms with van der Waals surface area (Å²) >= 11 is 0. The Morgan fingerprint density at radius 3 is 2.85 bits per heavy atom. The number of fused-ring (bicyclic) bond motifs is 3. The Morgan fingerprint density at radius 1 is 1.27 bits per heavy atom. The second-order valence-corrected chi connectivity index (χ2v) is 7.53. The van der Waals surface area contributed by atoms with Crippen molar-refractivity contribution < 1.29 is 14.6 Å². The molecule has 0 spiro atoms. The predicted octanol–water partition coefficient (Wildman–Crippen LogP) is 2.36. The molecule has 2 aromatic carbocycles. The zero-order chi connectivity index (χ0) is 18.3. The Hall–Kier alpha value is -2.53. The number of aliphatic hydroxyl groups excluding tert-OH is 1. The van der Waals surface area contributed by atoms with E-state index in [0.29, 0.717) is 25.3 Å². The van der Waals surface area contributed by atoms with Crippen molar-refractivity contribution >= 4 is 11.6 Å². The van der Waals surface area contributed by atoms with E-state index in [0.717, 1.165) is 17.0 Å². The van der Waals surface area contributed by atoms with Crippen LogP contribution in [0.25, 0.3) is 0 Å². The third kappa shape index (κ3) is 2.63. The van der Waals surface area contributed by atoms with Crippen LogP contribution in [0.3, 0.4) is 0 Å². The van der Waals surface area contributed by atoms with Gasteiger partial charge in [-0.05, 0) is 29.8 Å². The molecule has 1 amide bonds. The summed E-state index contributed by atoms with van der Waals surface area (Å²) in [6.45, 7) is 1.56. The molecule has 1 N–H and O–H groups in total. The number of anilines is 1. The van der Waals surface area contributed by atoms with E-state index in [9.17, 15) is 9.90 Å². The molecule has 2 atom stereocenters. The van der Waals surface area contributed by atoms with Gasteiger partial charge in [-0.3, -0.25) is 4.79 Å². The number of hydrogen-bond acceptors (Lipinski definition) is 4. The molecule has 136 valence electrons. The molecule has 0 unspecified atom stereocenters. The van der Waals surface area contributed by atoms with Crippen LogP contribution in [0.2, 0.25) is 0 Å². The normalized spacial score (nSPS) is 23.8. The first-order chi connectivity index (χ1) is 12.5. The van der Waals surface area contributed by atoms with Crippen LogP contribution < -0.4 is 9.64 Å². The first-order valence-corrected chi connectivity index (χ1v) is 8.93. The van der Waals surface area contributed by atoms with Crippen LogP contribution >= 0.6 is 0 Å². The lowest BCUT2D eigenvalue weighted by atomic mass is 9.74. The van der Waals surface area contributed by atoms with Gasteiger partial charge in [0.15, 0.2) is 0 Å². The van der Waals surface area contributed by atoms with Gasteiger partial charge < -0.3 is 19.6 Å². The Kier molecular flexibility index (Phi) is 4.11. The van der Waals surface area contributed by atoms with Crippen LogP contribution in [0.5, 0.6) is 5.75 Å². The molecular formula is C21H24N2O3. The molecule has 5 heteroatoms. The largest absolute Gasteiger partial charge is 0.493 e. The van der Waals surface area contributed by atoms with E-state index in [1.807, 2.05) is 72.4 Å². The van der Waals surface area contributed by atoms with Crippen molar-refractivity contribution in [2.24, 2.45) is 5.41 Å². The number of likely N-dealkylation sites (tertiary alicyclic amines) is 1. The molecule has 26 heavy (non-hydrogen) atoms. The summed E-state index contributed by atoms with van der Waals surface area (Å²) in [6.07, 6.45) is 0. The molecule has 0 saturated carbocycles. The summed E-state index contributed by atoms with van der Waals surface area (Å²) < 4.78 is 5.91. The second-order valence-electron chi connectivity index (χ2n) is 7.53. The third-order valence-corrected chi connectivity index (χ3v) is 5.67. The molecule has 2 aliphatic rings. The Bertz CT molecular complexity index is 836. The standard InChI is InChI=1S/C21H24N2O3/c1-22(2)16-7-5-6-15(10-16)20(25)23-11-18-17-8-3-4-9-19(17)26-14-21(18,12-23)13-24/h3-10,18,24H,11-14H2,1-2H3/t18-,21-/m1/s1. The van der Waals surface area contributed by atoms with Gasteiger partial charge >= 0.3 is 0 Å². The van der Waals surface area contributed by atoms with Gasteiger partial charge in [0, 0.05) is 44.4 Å². The fraction of sp³-hybridized carbons (Fsp3) is 0.381. The summed E-state index contributed by atoms with van der Waals surface area (Å²) in [6, 6.07) is 15.6. The predicted molar refractivity (Wildman–Crippen MR) is 101 cm³/mol. The van der Waals surface area contributed by atoms with Crippen LogP contribution in [0.4, 0.5) is 5.69 Å². The van der Waals surface area contributed by atoms with Crippen molar-refractivity contribution in [3.05, 3.63) is 59.7 Å². The zero-order valence-electron chi connectivity index (χ0n) is 15.2. The first-order valence-electron chi connectivity index (χ1n) is 8.93. The van der Waals surface area contributed by atoms with E-state index < -0.39 is 5.41 Å². The van der Waals surface area contributed by atoms with E-state index in [1.165, 1.54) is 0 Å². The van der Waals surface area contributed by atoms with Crippen LogP contribution in [-0.4, -0.2) is 56.3 Å². The number of rotatable bonds is 3. The number of benzene rings is 2. The summed E-state index contributed by atoms with van der Waals surface area (Å²) in [5.74, 6) is 0.970. The molecule has 2 aliphatic heterocycles. The van der Waals surface area contributed by atoms with E-state index in [4.69, 9.17) is 4.74 Å². The lowest BCUT2D eigenvalue weighted by Gasteiger charge is -2.37. The van der Waals surface area contributed by atoms with Gasteiger partial charge in [0.1, 0.15) is 5.75 Å². The maximum absolute atomic E-state index is 13.1. The van der Waals surface area contributed by atoms with E-state index in [2.05, 4.69) is 0 Å². The highest BCUT2D eigenvalue weighted by molar-refractivity contribution is 5.95. The van der Waals surface area contributed by atoms with Crippen molar-refractivity contribution in [1.82, 2.24) is 4.90 Å². The summed E-state index contributed by atoms with van der Waals surface area (Å²) in [7, 11) is 3.92. The smallest absolute Gasteiger partial charge is 0.253 e. The second kappa shape index (κ2) is 6.32. The average Bonchev–Trinajstić information content (AvgIpc) is 3.08. The van der Waals surface area contributed by atoms with Gasteiger partial charge in [-0.15, -0.1) is 0 Å². The number of carbonyl (C=O) groups is 1. The van der Waals surface area contributed by atoms with Gasteiger partial charge in [0.2, 0.25) is 0 Å². The number of para-hydroxylation sites is 1. The maximum atomic E-state index is 13.1. The number of ether oxygens (including phenoxy) is 1. The van der Waals surface area contributed by atoms with Gasteiger partial charge in [-0.25, -0.2) is 0 Å². The topological polar surface area (TPSA) is 53.0 Å². The summed E-state index contributed by atoms with van der Waals surface area (Å²) in [4.78, 5) is 17.0. The molecule has 1 saturated heterocycles. The maximum Gasteiger partial charge on any atom is 0.253 e. The quantitative estimate of drug-likeness (QED) is 0.921. The molecule has 1 fully saturated rings. The minimum Gasteiger partial charge on any atom is -0.493 e. The van der Waals surface area contributed by atoms with Crippen LogP contribution in [-0.2, 0) is 0 Å². The SMILES string of the molecule is CN(C)c1cccc(C(=O)N2C[C@@H]3c4ccccc4OC[C@]3(CO)C2)c1. The number of hydrogen-bond donors (Lipinski definition) is 1. The number of aliphatic hydroxyl groups is 1. The molecule has 0 aliphatic carbocycles. The van der Waals surface area contributed by atoms with Crippen LogP contribution in [0, 0.1) is 5.41 Å². The van der Waals surface area contributed by atoms with Gasteiger partial charge in [-0.1, -0.05) is 24.3 Å². The molecule has 0 radical (unpaired) electrons. The number of nitrogens with zero attached hydrogens (tertiary/aromatic N) is 2. The summed E-state index contributed by atoms with van der Waals surface area (Å²) in [5, 5.41) is 10.1. The van der Waals surface area contributed by atoms with Crippen molar-refractivity contribution in [2.75, 3.05) is 45.3 Å². The Balaban J connectivity index is 1.64. The monoisotopic (exact) mass is 352 g/mol. The molecule has 0 aromatic heterocycles.